The van der Waals surface area contributed by atoms with Crippen LogP contribution in [0.15, 0.2) is 23.5 Å². The van der Waals surface area contributed by atoms with E-state index in [9.17, 15) is 5.11 Å². The molecule has 7 heteroatoms. The van der Waals surface area contributed by atoms with Gasteiger partial charge in [0.2, 0.25) is 0 Å². The average Bonchev–Trinajstić information content (AvgIpc) is 2.78. The highest BCUT2D eigenvalue weighted by atomic mass is 16.4. The molecule has 1 aromatic rings. The van der Waals surface area contributed by atoms with Gasteiger partial charge in [0, 0.05) is 30.9 Å². The third-order valence-electron chi connectivity index (χ3n) is 3.41. The largest absolute Gasteiger partial charge is 0.409 e. The number of likely N-dealkylation sites (N-methyl/N-ethyl adjacent to an activating group) is 1. The van der Waals surface area contributed by atoms with Crippen molar-refractivity contribution in [1.29, 1.82) is 0 Å². The van der Waals surface area contributed by atoms with Gasteiger partial charge in [0.15, 0.2) is 5.84 Å². The molecule has 0 spiro atoms. The van der Waals surface area contributed by atoms with Crippen molar-refractivity contribution in [3.05, 3.63) is 23.9 Å². The molecule has 2 unspecified atom stereocenters. The van der Waals surface area contributed by atoms with E-state index in [-0.39, 0.29) is 18.0 Å². The van der Waals surface area contributed by atoms with Crippen molar-refractivity contribution in [2.75, 3.05) is 32.1 Å². The maximum Gasteiger partial charge on any atom is 0.171 e. The second kappa shape index (κ2) is 6.06. The maximum absolute atomic E-state index is 9.86. The predicted molar refractivity (Wildman–Crippen MR) is 77.1 cm³/mol. The molecular weight excluding hydrogens is 258 g/mol. The first-order valence-corrected chi connectivity index (χ1v) is 6.54. The summed E-state index contributed by atoms with van der Waals surface area (Å²) in [7, 11) is 4.02. The molecule has 2 atom stereocenters. The first-order valence-electron chi connectivity index (χ1n) is 6.54. The number of amidine groups is 1. The molecule has 20 heavy (non-hydrogen) atoms. The lowest BCUT2D eigenvalue weighted by Gasteiger charge is -2.27. The number of hydrogen-bond acceptors (Lipinski definition) is 6. The summed E-state index contributed by atoms with van der Waals surface area (Å²) in [5, 5.41) is 21.4. The molecule has 0 amide bonds. The highest BCUT2D eigenvalue weighted by molar-refractivity contribution is 5.96. The molecule has 7 nitrogen and oxygen atoms in total. The van der Waals surface area contributed by atoms with Crippen LogP contribution in [0.3, 0.4) is 0 Å². The minimum atomic E-state index is -0.328. The van der Waals surface area contributed by atoms with Crippen LogP contribution in [0.4, 0.5) is 5.82 Å². The Bertz CT molecular complexity index is 474. The van der Waals surface area contributed by atoms with E-state index >= 15 is 0 Å². The summed E-state index contributed by atoms with van der Waals surface area (Å²) in [5.41, 5.74) is 6.08. The van der Waals surface area contributed by atoms with Crippen LogP contribution in [0, 0.1) is 0 Å². The zero-order valence-electron chi connectivity index (χ0n) is 11.8. The lowest BCUT2D eigenvalue weighted by molar-refractivity contribution is 0.191. The fraction of sp³-hybridized carbons (Fsp3) is 0.538. The molecule has 1 saturated heterocycles. The van der Waals surface area contributed by atoms with Crippen molar-refractivity contribution in [2.45, 2.75) is 18.6 Å². The molecule has 2 rings (SSSR count). The first-order chi connectivity index (χ1) is 9.51. The molecule has 1 fully saturated rings. The number of β-amino-alcohol motifs (C(OH)–C–C–N with tert-alkyl or cyclic N) is 1. The van der Waals surface area contributed by atoms with Gasteiger partial charge in [0.05, 0.1) is 6.10 Å². The van der Waals surface area contributed by atoms with E-state index < -0.39 is 0 Å². The quantitative estimate of drug-likeness (QED) is 0.302. The predicted octanol–water partition coefficient (Wildman–Crippen LogP) is -0.323. The van der Waals surface area contributed by atoms with Gasteiger partial charge in [-0.3, -0.25) is 0 Å². The summed E-state index contributed by atoms with van der Waals surface area (Å²) >= 11 is 0. The number of aliphatic hydroxyl groups excluding tert-OH is 1. The molecule has 110 valence electrons. The van der Waals surface area contributed by atoms with Crippen LogP contribution in [0.2, 0.25) is 0 Å². The van der Waals surface area contributed by atoms with Gasteiger partial charge in [-0.2, -0.15) is 0 Å². The summed E-state index contributed by atoms with van der Waals surface area (Å²) in [6, 6.07) is 3.82. The number of rotatable bonds is 4. The van der Waals surface area contributed by atoms with Crippen molar-refractivity contribution < 1.29 is 10.3 Å². The Hall–Kier alpha value is -1.86. The Morgan fingerprint density at radius 2 is 2.30 bits per heavy atom. The fourth-order valence-corrected chi connectivity index (χ4v) is 2.53. The van der Waals surface area contributed by atoms with Crippen molar-refractivity contribution in [1.82, 2.24) is 9.88 Å². The van der Waals surface area contributed by atoms with Crippen LogP contribution in [-0.2, 0) is 0 Å². The van der Waals surface area contributed by atoms with Gasteiger partial charge in [0.1, 0.15) is 5.82 Å². The maximum atomic E-state index is 9.86. The van der Waals surface area contributed by atoms with Crippen LogP contribution >= 0.6 is 0 Å². The van der Waals surface area contributed by atoms with Crippen molar-refractivity contribution >= 4 is 11.7 Å². The fourth-order valence-electron chi connectivity index (χ4n) is 2.53. The third-order valence-corrected chi connectivity index (χ3v) is 3.41. The summed E-state index contributed by atoms with van der Waals surface area (Å²) in [6.07, 6.45) is 1.98. The number of oxime groups is 1. The van der Waals surface area contributed by atoms with Crippen LogP contribution in [0.1, 0.15) is 12.0 Å². The smallest absolute Gasteiger partial charge is 0.171 e. The van der Waals surface area contributed by atoms with Gasteiger partial charge >= 0.3 is 0 Å². The van der Waals surface area contributed by atoms with Gasteiger partial charge in [-0.25, -0.2) is 4.98 Å². The molecule has 0 bridgehead atoms. The van der Waals surface area contributed by atoms with Gasteiger partial charge < -0.3 is 25.8 Å². The van der Waals surface area contributed by atoms with E-state index in [1.807, 2.05) is 20.2 Å². The summed E-state index contributed by atoms with van der Waals surface area (Å²) in [5.74, 6) is 0.832. The molecule has 1 aliphatic heterocycles. The van der Waals surface area contributed by atoms with Crippen molar-refractivity contribution in [3.63, 3.8) is 0 Å². The van der Waals surface area contributed by atoms with Gasteiger partial charge in [0.25, 0.3) is 0 Å². The van der Waals surface area contributed by atoms with E-state index in [1.165, 1.54) is 0 Å². The Kier molecular flexibility index (Phi) is 4.41. The first kappa shape index (κ1) is 14.5. The monoisotopic (exact) mass is 279 g/mol. The number of nitrogens with two attached hydrogens (primary N) is 1. The van der Waals surface area contributed by atoms with Crippen molar-refractivity contribution in [2.24, 2.45) is 10.9 Å². The van der Waals surface area contributed by atoms with Crippen LogP contribution in [0.5, 0.6) is 0 Å². The molecule has 0 aromatic carbocycles. The minimum absolute atomic E-state index is 0.0374. The molecule has 4 N–H and O–H groups in total. The number of nitrogens with zero attached hydrogens (tertiary/aromatic N) is 4. The van der Waals surface area contributed by atoms with Gasteiger partial charge in [-0.1, -0.05) is 5.16 Å². The number of hydrogen-bond donors (Lipinski definition) is 3. The normalized spacial score (nSPS) is 23.6. The summed E-state index contributed by atoms with van der Waals surface area (Å²) < 4.78 is 0. The molecule has 1 aliphatic rings. The van der Waals surface area contributed by atoms with Crippen LogP contribution in [-0.4, -0.2) is 65.4 Å². The molecule has 0 radical (unpaired) electrons. The van der Waals surface area contributed by atoms with Crippen LogP contribution < -0.4 is 10.6 Å². The molecule has 1 aromatic heterocycles. The Labute approximate surface area is 118 Å². The second-order valence-electron chi connectivity index (χ2n) is 5.35. The Morgan fingerprint density at radius 1 is 1.55 bits per heavy atom. The lowest BCUT2D eigenvalue weighted by atomic mass is 10.2. The summed E-state index contributed by atoms with van der Waals surface area (Å²) in [4.78, 5) is 8.54. The van der Waals surface area contributed by atoms with Gasteiger partial charge in [-0.05, 0) is 32.6 Å². The Morgan fingerprint density at radius 3 is 2.85 bits per heavy atom. The third kappa shape index (κ3) is 3.17. The SMILES string of the molecule is CN(C)CC1CC(O)CN1c1ccc(C(N)=NO)cn1. The molecule has 0 saturated carbocycles. The highest BCUT2D eigenvalue weighted by Gasteiger charge is 2.31. The lowest BCUT2D eigenvalue weighted by Crippen LogP contribution is -2.38. The topological polar surface area (TPSA) is 98.2 Å². The minimum Gasteiger partial charge on any atom is -0.409 e. The number of anilines is 1. The van der Waals surface area contributed by atoms with E-state index in [4.69, 9.17) is 10.9 Å². The number of aromatic nitrogens is 1. The number of pyridine rings is 1. The zero-order chi connectivity index (χ0) is 14.7. The highest BCUT2D eigenvalue weighted by Crippen LogP contribution is 2.24. The van der Waals surface area contributed by atoms with Crippen LogP contribution in [0.25, 0.3) is 0 Å². The van der Waals surface area contributed by atoms with E-state index in [0.29, 0.717) is 12.1 Å². The van der Waals surface area contributed by atoms with E-state index in [1.54, 1.807) is 12.3 Å². The van der Waals surface area contributed by atoms with Gasteiger partial charge in [-0.15, -0.1) is 0 Å². The summed E-state index contributed by atoms with van der Waals surface area (Å²) in [6.45, 7) is 1.44. The number of aliphatic hydroxyl groups is 1. The van der Waals surface area contributed by atoms with E-state index in [2.05, 4.69) is 19.9 Å². The molecule has 2 heterocycles. The van der Waals surface area contributed by atoms with E-state index in [0.717, 1.165) is 18.8 Å². The van der Waals surface area contributed by atoms with Crippen molar-refractivity contribution in [3.8, 4) is 0 Å². The molecule has 0 aliphatic carbocycles. The average molecular weight is 279 g/mol. The second-order valence-corrected chi connectivity index (χ2v) is 5.35. The standard InChI is InChI=1S/C13H21N5O2/c1-17(2)7-10-5-11(19)8-18(10)12-4-3-9(6-15-12)13(14)16-20/h3-4,6,10-11,19-20H,5,7-8H2,1-2H3,(H2,14,16). The molecular formula is C13H21N5O2. The Balaban J connectivity index is 2.17. The zero-order valence-corrected chi connectivity index (χ0v) is 11.8.